The molecule has 1 fully saturated rings. The van der Waals surface area contributed by atoms with Crippen LogP contribution >= 0.6 is 11.6 Å². The molecule has 1 saturated heterocycles. The standard InChI is InChI=1S/C16H24ClN3O3S/c1-19(2)24(22,23)20-10-7-14(8-11-20)16(21)18-9-6-13-4-3-5-15(17)12-13/h3-5,12,14H,6-11H2,1-2H3,(H,18,21). The number of carbonyl (C=O) groups is 1. The summed E-state index contributed by atoms with van der Waals surface area (Å²) in [4.78, 5) is 12.2. The summed E-state index contributed by atoms with van der Waals surface area (Å²) in [5.74, 6) is -0.128. The number of nitrogens with one attached hydrogen (secondary N) is 1. The maximum atomic E-state index is 12.2. The number of benzene rings is 1. The Bertz CT molecular complexity index is 671. The number of rotatable bonds is 6. The average Bonchev–Trinajstić information content (AvgIpc) is 2.55. The molecular weight excluding hydrogens is 350 g/mol. The molecule has 0 atom stereocenters. The first-order chi connectivity index (χ1) is 11.3. The lowest BCUT2D eigenvalue weighted by Gasteiger charge is -2.32. The zero-order valence-corrected chi connectivity index (χ0v) is 15.6. The predicted molar refractivity (Wildman–Crippen MR) is 95.1 cm³/mol. The summed E-state index contributed by atoms with van der Waals surface area (Å²) >= 11 is 5.94. The van der Waals surface area contributed by atoms with Gasteiger partial charge < -0.3 is 5.32 Å². The summed E-state index contributed by atoms with van der Waals surface area (Å²) < 4.78 is 26.8. The van der Waals surface area contributed by atoms with Gasteiger partial charge in [0.15, 0.2) is 0 Å². The zero-order chi connectivity index (χ0) is 17.7. The Kier molecular flexibility index (Phi) is 6.62. The normalized spacial score (nSPS) is 17.2. The molecule has 1 N–H and O–H groups in total. The highest BCUT2D eigenvalue weighted by Crippen LogP contribution is 2.20. The van der Waals surface area contributed by atoms with Crippen LogP contribution in [0.4, 0.5) is 0 Å². The molecule has 1 aromatic rings. The summed E-state index contributed by atoms with van der Waals surface area (Å²) in [5.41, 5.74) is 1.08. The Morgan fingerprint density at radius 2 is 2.00 bits per heavy atom. The fraction of sp³-hybridized carbons (Fsp3) is 0.562. The van der Waals surface area contributed by atoms with Crippen molar-refractivity contribution in [3.8, 4) is 0 Å². The van der Waals surface area contributed by atoms with Crippen LogP contribution in [0.5, 0.6) is 0 Å². The van der Waals surface area contributed by atoms with Gasteiger partial charge in [-0.25, -0.2) is 0 Å². The van der Waals surface area contributed by atoms with Crippen LogP contribution in [0.3, 0.4) is 0 Å². The molecule has 1 heterocycles. The number of piperidine rings is 1. The topological polar surface area (TPSA) is 69.7 Å². The molecule has 0 aliphatic carbocycles. The first kappa shape index (κ1) is 19.2. The summed E-state index contributed by atoms with van der Waals surface area (Å²) in [6, 6.07) is 7.57. The lowest BCUT2D eigenvalue weighted by atomic mass is 9.97. The Morgan fingerprint density at radius 3 is 2.58 bits per heavy atom. The highest BCUT2D eigenvalue weighted by molar-refractivity contribution is 7.86. The largest absolute Gasteiger partial charge is 0.356 e. The fourth-order valence-electron chi connectivity index (χ4n) is 2.75. The third kappa shape index (κ3) is 4.92. The summed E-state index contributed by atoms with van der Waals surface area (Å²) in [6.07, 6.45) is 1.83. The summed E-state index contributed by atoms with van der Waals surface area (Å²) in [7, 11) is -0.348. The molecule has 0 spiro atoms. The molecule has 24 heavy (non-hydrogen) atoms. The SMILES string of the molecule is CN(C)S(=O)(=O)N1CCC(C(=O)NCCc2cccc(Cl)c2)CC1. The average molecular weight is 374 g/mol. The third-order valence-electron chi connectivity index (χ3n) is 4.21. The molecule has 0 radical (unpaired) electrons. The van der Waals surface area contributed by atoms with Gasteiger partial charge in [-0.3, -0.25) is 4.79 Å². The molecule has 0 bridgehead atoms. The molecule has 134 valence electrons. The maximum absolute atomic E-state index is 12.2. The van der Waals surface area contributed by atoms with E-state index < -0.39 is 10.2 Å². The van der Waals surface area contributed by atoms with Crippen molar-refractivity contribution in [3.63, 3.8) is 0 Å². The highest BCUT2D eigenvalue weighted by atomic mass is 35.5. The Morgan fingerprint density at radius 1 is 1.33 bits per heavy atom. The first-order valence-corrected chi connectivity index (χ1v) is 9.78. The molecular formula is C16H24ClN3O3S. The predicted octanol–water partition coefficient (Wildman–Crippen LogP) is 1.52. The van der Waals surface area contributed by atoms with Crippen LogP contribution in [0, 0.1) is 5.92 Å². The number of amides is 1. The maximum Gasteiger partial charge on any atom is 0.281 e. The van der Waals surface area contributed by atoms with Crippen LogP contribution in [0.15, 0.2) is 24.3 Å². The Hall–Kier alpha value is -1.15. The van der Waals surface area contributed by atoms with E-state index in [-0.39, 0.29) is 11.8 Å². The van der Waals surface area contributed by atoms with Gasteiger partial charge >= 0.3 is 0 Å². The number of hydrogen-bond acceptors (Lipinski definition) is 3. The van der Waals surface area contributed by atoms with Gasteiger partial charge in [0.1, 0.15) is 0 Å². The van der Waals surface area contributed by atoms with Crippen molar-refractivity contribution in [1.82, 2.24) is 13.9 Å². The minimum atomic E-state index is -3.38. The van der Waals surface area contributed by atoms with E-state index in [1.807, 2.05) is 24.3 Å². The molecule has 2 rings (SSSR count). The van der Waals surface area contributed by atoms with E-state index >= 15 is 0 Å². The molecule has 0 saturated carbocycles. The van der Waals surface area contributed by atoms with Gasteiger partial charge in [0.2, 0.25) is 5.91 Å². The lowest BCUT2D eigenvalue weighted by molar-refractivity contribution is -0.126. The van der Waals surface area contributed by atoms with Crippen LogP contribution < -0.4 is 5.32 Å². The quantitative estimate of drug-likeness (QED) is 0.821. The number of hydrogen-bond donors (Lipinski definition) is 1. The van der Waals surface area contributed by atoms with Crippen molar-refractivity contribution in [2.45, 2.75) is 19.3 Å². The van der Waals surface area contributed by atoms with Crippen molar-refractivity contribution in [3.05, 3.63) is 34.9 Å². The first-order valence-electron chi connectivity index (χ1n) is 8.00. The molecule has 1 aromatic carbocycles. The lowest BCUT2D eigenvalue weighted by Crippen LogP contribution is -2.47. The molecule has 1 amide bonds. The Balaban J connectivity index is 1.77. The van der Waals surface area contributed by atoms with E-state index in [9.17, 15) is 13.2 Å². The van der Waals surface area contributed by atoms with Gasteiger partial charge in [-0.05, 0) is 37.0 Å². The summed E-state index contributed by atoms with van der Waals surface area (Å²) in [6.45, 7) is 1.31. The van der Waals surface area contributed by atoms with Crippen LogP contribution in [0.25, 0.3) is 0 Å². The second-order valence-electron chi connectivity index (χ2n) is 6.13. The van der Waals surface area contributed by atoms with Crippen LogP contribution in [-0.4, -0.2) is 56.7 Å². The smallest absolute Gasteiger partial charge is 0.281 e. The van der Waals surface area contributed by atoms with Crippen molar-refractivity contribution in [2.24, 2.45) is 5.92 Å². The molecule has 1 aliphatic heterocycles. The van der Waals surface area contributed by atoms with Gasteiger partial charge in [0.25, 0.3) is 10.2 Å². The van der Waals surface area contributed by atoms with E-state index in [4.69, 9.17) is 11.6 Å². The van der Waals surface area contributed by atoms with Crippen LogP contribution in [-0.2, 0) is 21.4 Å². The molecule has 1 aliphatic rings. The van der Waals surface area contributed by atoms with E-state index in [1.165, 1.54) is 22.7 Å². The highest BCUT2D eigenvalue weighted by Gasteiger charge is 2.31. The number of halogens is 1. The van der Waals surface area contributed by atoms with Gasteiger partial charge in [-0.15, -0.1) is 0 Å². The van der Waals surface area contributed by atoms with Crippen molar-refractivity contribution in [2.75, 3.05) is 33.7 Å². The van der Waals surface area contributed by atoms with Gasteiger partial charge in [-0.2, -0.15) is 17.0 Å². The molecule has 0 aromatic heterocycles. The van der Waals surface area contributed by atoms with E-state index in [1.54, 1.807) is 0 Å². The zero-order valence-electron chi connectivity index (χ0n) is 14.0. The van der Waals surface area contributed by atoms with Gasteiger partial charge in [0, 0.05) is 44.7 Å². The van der Waals surface area contributed by atoms with E-state index in [0.29, 0.717) is 37.5 Å². The fourth-order valence-corrected chi connectivity index (χ4v) is 4.09. The number of carbonyl (C=O) groups excluding carboxylic acids is 1. The molecule has 8 heteroatoms. The molecule has 0 unspecified atom stereocenters. The van der Waals surface area contributed by atoms with Crippen molar-refractivity contribution in [1.29, 1.82) is 0 Å². The van der Waals surface area contributed by atoms with Crippen LogP contribution in [0.1, 0.15) is 18.4 Å². The second-order valence-corrected chi connectivity index (χ2v) is 8.71. The van der Waals surface area contributed by atoms with Gasteiger partial charge in [0.05, 0.1) is 0 Å². The Labute approximate surface area is 149 Å². The van der Waals surface area contributed by atoms with Crippen molar-refractivity contribution < 1.29 is 13.2 Å². The summed E-state index contributed by atoms with van der Waals surface area (Å²) in [5, 5.41) is 3.62. The monoisotopic (exact) mass is 373 g/mol. The minimum absolute atomic E-state index is 0.000992. The third-order valence-corrected chi connectivity index (χ3v) is 6.39. The van der Waals surface area contributed by atoms with Gasteiger partial charge in [-0.1, -0.05) is 23.7 Å². The van der Waals surface area contributed by atoms with Crippen LogP contribution in [0.2, 0.25) is 5.02 Å². The minimum Gasteiger partial charge on any atom is -0.356 e. The number of nitrogens with zero attached hydrogens (tertiary/aromatic N) is 2. The second kappa shape index (κ2) is 8.29. The van der Waals surface area contributed by atoms with E-state index in [2.05, 4.69) is 5.32 Å². The van der Waals surface area contributed by atoms with E-state index in [0.717, 1.165) is 12.0 Å². The molecule has 6 nitrogen and oxygen atoms in total. The van der Waals surface area contributed by atoms with Crippen molar-refractivity contribution >= 4 is 27.7 Å².